The quantitative estimate of drug-likeness (QED) is 0.792. The van der Waals surface area contributed by atoms with Crippen LogP contribution in [0.5, 0.6) is 0 Å². The molecule has 1 aromatic rings. The molecule has 0 amide bonds. The van der Waals surface area contributed by atoms with Crippen molar-refractivity contribution in [3.63, 3.8) is 0 Å². The van der Waals surface area contributed by atoms with Crippen LogP contribution in [0, 0.1) is 6.92 Å². The van der Waals surface area contributed by atoms with Crippen molar-refractivity contribution < 1.29 is 23.5 Å². The summed E-state index contributed by atoms with van der Waals surface area (Å²) in [5.41, 5.74) is 0.389. The third-order valence-corrected chi connectivity index (χ3v) is 2.51. The van der Waals surface area contributed by atoms with Crippen molar-refractivity contribution in [2.24, 2.45) is 0 Å². The highest BCUT2D eigenvalue weighted by molar-refractivity contribution is 5.90. The zero-order valence-corrected chi connectivity index (χ0v) is 10.9. The Morgan fingerprint density at radius 1 is 1.39 bits per heavy atom. The Bertz CT molecular complexity index is 438. The fourth-order valence-electron chi connectivity index (χ4n) is 1.46. The number of rotatable bonds is 5. The van der Waals surface area contributed by atoms with Gasteiger partial charge in [0, 0.05) is 0 Å². The van der Waals surface area contributed by atoms with Gasteiger partial charge in [0.25, 0.3) is 0 Å². The molecule has 0 fully saturated rings. The second-order valence-electron chi connectivity index (χ2n) is 3.80. The minimum Gasteiger partial charge on any atom is -0.468 e. The van der Waals surface area contributed by atoms with E-state index in [0.717, 1.165) is 0 Å². The van der Waals surface area contributed by atoms with Crippen molar-refractivity contribution in [3.05, 3.63) is 23.2 Å². The van der Waals surface area contributed by atoms with E-state index in [1.165, 1.54) is 14.2 Å². The van der Waals surface area contributed by atoms with Gasteiger partial charge < -0.3 is 13.9 Å². The minimum atomic E-state index is -0.443. The first kappa shape index (κ1) is 14.2. The zero-order chi connectivity index (χ0) is 13.7. The fourth-order valence-corrected chi connectivity index (χ4v) is 1.46. The minimum absolute atomic E-state index is 0.327. The van der Waals surface area contributed by atoms with Crippen LogP contribution in [0.4, 0.5) is 0 Å². The first-order valence-electron chi connectivity index (χ1n) is 5.48. The van der Waals surface area contributed by atoms with Gasteiger partial charge in [0.2, 0.25) is 0 Å². The molecule has 0 radical (unpaired) electrons. The number of ether oxygens (including phenoxy) is 2. The summed E-state index contributed by atoms with van der Waals surface area (Å²) in [6.45, 7) is 3.69. The molecule has 0 aromatic carbocycles. The van der Waals surface area contributed by atoms with Crippen LogP contribution >= 0.6 is 0 Å². The maximum Gasteiger partial charge on any atom is 0.341 e. The van der Waals surface area contributed by atoms with Gasteiger partial charge in [-0.3, -0.25) is 10.1 Å². The van der Waals surface area contributed by atoms with Crippen molar-refractivity contribution in [2.45, 2.75) is 26.4 Å². The van der Waals surface area contributed by atoms with Gasteiger partial charge in [-0.25, -0.2) is 4.79 Å². The van der Waals surface area contributed by atoms with E-state index in [2.05, 4.69) is 14.8 Å². The van der Waals surface area contributed by atoms with Crippen LogP contribution < -0.4 is 5.32 Å². The van der Waals surface area contributed by atoms with Crippen molar-refractivity contribution >= 4 is 11.9 Å². The predicted octanol–water partition coefficient (Wildman–Crippen LogP) is 1.03. The van der Waals surface area contributed by atoms with E-state index < -0.39 is 12.0 Å². The standard InChI is InChI=1S/C12H17NO5/c1-7(11(14)16-3)13-6-9-5-10(8(2)18-9)12(15)17-4/h5,7,13H,6H2,1-4H3. The highest BCUT2D eigenvalue weighted by Gasteiger charge is 2.17. The molecule has 1 N–H and O–H groups in total. The number of hydrogen-bond acceptors (Lipinski definition) is 6. The Balaban J connectivity index is 2.64. The van der Waals surface area contributed by atoms with Crippen molar-refractivity contribution in [3.8, 4) is 0 Å². The molecule has 0 bridgehead atoms. The van der Waals surface area contributed by atoms with Crippen LogP contribution in [-0.2, 0) is 20.8 Å². The summed E-state index contributed by atoms with van der Waals surface area (Å²) in [5, 5.41) is 2.93. The number of methoxy groups -OCH3 is 2. The molecule has 0 saturated heterocycles. The lowest BCUT2D eigenvalue weighted by Crippen LogP contribution is -2.34. The molecule has 1 atom stereocenters. The monoisotopic (exact) mass is 255 g/mol. The maximum absolute atomic E-state index is 11.4. The van der Waals surface area contributed by atoms with E-state index >= 15 is 0 Å². The van der Waals surface area contributed by atoms with E-state index in [-0.39, 0.29) is 5.97 Å². The van der Waals surface area contributed by atoms with E-state index in [9.17, 15) is 9.59 Å². The molecule has 18 heavy (non-hydrogen) atoms. The van der Waals surface area contributed by atoms with Gasteiger partial charge in [-0.2, -0.15) is 0 Å². The average molecular weight is 255 g/mol. The summed E-state index contributed by atoms with van der Waals surface area (Å²) >= 11 is 0. The molecule has 0 aliphatic heterocycles. The second kappa shape index (κ2) is 6.20. The summed E-state index contributed by atoms with van der Waals surface area (Å²) in [6, 6.07) is 1.15. The molecule has 0 aliphatic rings. The van der Waals surface area contributed by atoms with Gasteiger partial charge in [-0.1, -0.05) is 0 Å². The number of nitrogens with one attached hydrogen (secondary N) is 1. The molecule has 6 nitrogen and oxygen atoms in total. The molecular weight excluding hydrogens is 238 g/mol. The third-order valence-electron chi connectivity index (χ3n) is 2.51. The molecule has 0 saturated carbocycles. The van der Waals surface area contributed by atoms with Crippen LogP contribution in [0.25, 0.3) is 0 Å². The average Bonchev–Trinajstić information content (AvgIpc) is 2.75. The lowest BCUT2D eigenvalue weighted by molar-refractivity contribution is -0.142. The third kappa shape index (κ3) is 3.33. The molecule has 1 rings (SSSR count). The van der Waals surface area contributed by atoms with E-state index in [0.29, 0.717) is 23.6 Å². The number of hydrogen-bond donors (Lipinski definition) is 1. The Labute approximate surface area is 105 Å². The van der Waals surface area contributed by atoms with Crippen LogP contribution in [0.3, 0.4) is 0 Å². The van der Waals surface area contributed by atoms with Crippen LogP contribution in [0.15, 0.2) is 10.5 Å². The lowest BCUT2D eigenvalue weighted by Gasteiger charge is -2.09. The van der Waals surface area contributed by atoms with Gasteiger partial charge in [-0.15, -0.1) is 0 Å². The number of carbonyl (C=O) groups is 2. The number of carbonyl (C=O) groups excluding carboxylic acids is 2. The highest BCUT2D eigenvalue weighted by atomic mass is 16.5. The number of aryl methyl sites for hydroxylation is 1. The SMILES string of the molecule is COC(=O)c1cc(CNC(C)C(=O)OC)oc1C. The lowest BCUT2D eigenvalue weighted by atomic mass is 10.2. The zero-order valence-electron chi connectivity index (χ0n) is 10.9. The summed E-state index contributed by atoms with van der Waals surface area (Å²) < 4.78 is 14.6. The van der Waals surface area contributed by atoms with Gasteiger partial charge in [0.05, 0.1) is 20.8 Å². The van der Waals surface area contributed by atoms with Gasteiger partial charge in [0.1, 0.15) is 23.1 Å². The topological polar surface area (TPSA) is 77.8 Å². The predicted molar refractivity (Wildman–Crippen MR) is 63.1 cm³/mol. The Kier molecular flexibility index (Phi) is 4.91. The van der Waals surface area contributed by atoms with Gasteiger partial charge in [-0.05, 0) is 19.9 Å². The molecule has 1 aromatic heterocycles. The molecule has 0 spiro atoms. The fraction of sp³-hybridized carbons (Fsp3) is 0.500. The summed E-state index contributed by atoms with van der Waals surface area (Å²) in [6.07, 6.45) is 0. The Morgan fingerprint density at radius 3 is 2.61 bits per heavy atom. The van der Waals surface area contributed by atoms with E-state index in [4.69, 9.17) is 4.42 Å². The molecule has 1 heterocycles. The van der Waals surface area contributed by atoms with Crippen LogP contribution in [0.2, 0.25) is 0 Å². The highest BCUT2D eigenvalue weighted by Crippen LogP contribution is 2.15. The summed E-state index contributed by atoms with van der Waals surface area (Å²) in [4.78, 5) is 22.5. The normalized spacial score (nSPS) is 12.0. The Hall–Kier alpha value is -1.82. The number of furan rings is 1. The molecule has 6 heteroatoms. The van der Waals surface area contributed by atoms with Crippen molar-refractivity contribution in [1.29, 1.82) is 0 Å². The molecule has 0 aliphatic carbocycles. The summed E-state index contributed by atoms with van der Waals surface area (Å²) in [7, 11) is 2.64. The van der Waals surface area contributed by atoms with E-state index in [1.807, 2.05) is 0 Å². The van der Waals surface area contributed by atoms with E-state index in [1.54, 1.807) is 19.9 Å². The van der Waals surface area contributed by atoms with Crippen LogP contribution in [-0.4, -0.2) is 32.2 Å². The smallest absolute Gasteiger partial charge is 0.341 e. The maximum atomic E-state index is 11.4. The number of esters is 2. The Morgan fingerprint density at radius 2 is 2.06 bits per heavy atom. The van der Waals surface area contributed by atoms with Gasteiger partial charge in [0.15, 0.2) is 0 Å². The van der Waals surface area contributed by atoms with Gasteiger partial charge >= 0.3 is 11.9 Å². The molecule has 100 valence electrons. The second-order valence-corrected chi connectivity index (χ2v) is 3.80. The molecule has 1 unspecified atom stereocenters. The largest absolute Gasteiger partial charge is 0.468 e. The first-order chi connectivity index (χ1) is 8.49. The summed E-state index contributed by atoms with van der Waals surface area (Å²) in [5.74, 6) is 0.253. The first-order valence-corrected chi connectivity index (χ1v) is 5.48. The molecular formula is C12H17NO5. The van der Waals surface area contributed by atoms with Crippen molar-refractivity contribution in [1.82, 2.24) is 5.32 Å². The van der Waals surface area contributed by atoms with Crippen LogP contribution in [0.1, 0.15) is 28.8 Å². The van der Waals surface area contributed by atoms with Crippen molar-refractivity contribution in [2.75, 3.05) is 14.2 Å².